The first kappa shape index (κ1) is 14.5. The van der Waals surface area contributed by atoms with E-state index >= 15 is 0 Å². The summed E-state index contributed by atoms with van der Waals surface area (Å²) < 4.78 is 0.920. The Morgan fingerprint density at radius 2 is 2.11 bits per heavy atom. The summed E-state index contributed by atoms with van der Waals surface area (Å²) in [5.74, 6) is 0. The quantitative estimate of drug-likeness (QED) is 0.898. The van der Waals surface area contributed by atoms with E-state index in [1.807, 2.05) is 38.4 Å². The molecule has 0 saturated carbocycles. The minimum Gasteiger partial charge on any atom is -0.313 e. The summed E-state index contributed by atoms with van der Waals surface area (Å²) >= 11 is 9.81. The molecule has 1 N–H and O–H groups in total. The van der Waals surface area contributed by atoms with Crippen LogP contribution in [0, 0.1) is 6.92 Å². The van der Waals surface area contributed by atoms with Crippen LogP contribution >= 0.6 is 27.5 Å². The molecule has 0 spiro atoms. The van der Waals surface area contributed by atoms with Crippen LogP contribution in [-0.2, 0) is 6.42 Å². The van der Waals surface area contributed by atoms with Gasteiger partial charge < -0.3 is 5.32 Å². The molecule has 0 amide bonds. The number of aromatic nitrogens is 1. The zero-order valence-electron chi connectivity index (χ0n) is 11.0. The molecule has 1 aromatic heterocycles. The van der Waals surface area contributed by atoms with Crippen molar-refractivity contribution in [3.63, 3.8) is 0 Å². The van der Waals surface area contributed by atoms with E-state index in [1.165, 1.54) is 5.56 Å². The summed E-state index contributed by atoms with van der Waals surface area (Å²) in [6.45, 7) is 2.04. The average molecular weight is 340 g/mol. The van der Waals surface area contributed by atoms with Crippen LogP contribution in [0.1, 0.15) is 22.9 Å². The molecule has 1 atom stereocenters. The van der Waals surface area contributed by atoms with Crippen molar-refractivity contribution < 1.29 is 0 Å². The van der Waals surface area contributed by atoms with E-state index in [1.54, 1.807) is 0 Å². The number of benzene rings is 1. The van der Waals surface area contributed by atoms with Crippen molar-refractivity contribution >= 4 is 27.5 Å². The maximum atomic E-state index is 6.35. The summed E-state index contributed by atoms with van der Waals surface area (Å²) in [4.78, 5) is 4.45. The van der Waals surface area contributed by atoms with Gasteiger partial charge in [0.2, 0.25) is 0 Å². The van der Waals surface area contributed by atoms with Gasteiger partial charge in [-0.25, -0.2) is 0 Å². The summed E-state index contributed by atoms with van der Waals surface area (Å²) in [7, 11) is 1.94. The molecule has 19 heavy (non-hydrogen) atoms. The Kier molecular flexibility index (Phi) is 4.97. The van der Waals surface area contributed by atoms with Crippen molar-refractivity contribution in [3.05, 3.63) is 62.8 Å². The number of aryl methyl sites for hydroxylation is 1. The Morgan fingerprint density at radius 1 is 1.32 bits per heavy atom. The van der Waals surface area contributed by atoms with E-state index in [0.717, 1.165) is 27.2 Å². The maximum absolute atomic E-state index is 6.35. The highest BCUT2D eigenvalue weighted by atomic mass is 79.9. The lowest BCUT2D eigenvalue weighted by Gasteiger charge is -2.18. The normalized spacial score (nSPS) is 12.4. The molecule has 2 aromatic rings. The van der Waals surface area contributed by atoms with Crippen LogP contribution in [0.5, 0.6) is 0 Å². The van der Waals surface area contributed by atoms with Crippen molar-refractivity contribution in [2.75, 3.05) is 7.05 Å². The van der Waals surface area contributed by atoms with Crippen LogP contribution in [0.2, 0.25) is 5.02 Å². The third-order valence-electron chi connectivity index (χ3n) is 3.09. The molecule has 100 valence electrons. The number of halogens is 2. The van der Waals surface area contributed by atoms with Crippen molar-refractivity contribution in [2.45, 2.75) is 19.4 Å². The van der Waals surface area contributed by atoms with E-state index in [4.69, 9.17) is 11.6 Å². The molecular formula is C15H16BrClN2. The van der Waals surface area contributed by atoms with E-state index in [-0.39, 0.29) is 6.04 Å². The van der Waals surface area contributed by atoms with Gasteiger partial charge in [-0.05, 0) is 53.2 Å². The summed E-state index contributed by atoms with van der Waals surface area (Å²) in [6, 6.07) is 10.3. The highest BCUT2D eigenvalue weighted by Gasteiger charge is 2.15. The van der Waals surface area contributed by atoms with Crippen molar-refractivity contribution in [1.29, 1.82) is 0 Å². The molecule has 0 saturated heterocycles. The Labute approximate surface area is 127 Å². The molecule has 0 bridgehead atoms. The second-order valence-electron chi connectivity index (χ2n) is 4.52. The highest BCUT2D eigenvalue weighted by Crippen LogP contribution is 2.31. The Balaban J connectivity index is 2.25. The second-order valence-corrected chi connectivity index (χ2v) is 5.75. The minimum atomic E-state index is 0.153. The van der Waals surface area contributed by atoms with Crippen molar-refractivity contribution in [2.24, 2.45) is 0 Å². The predicted molar refractivity (Wildman–Crippen MR) is 83.6 cm³/mol. The molecule has 1 aromatic carbocycles. The van der Waals surface area contributed by atoms with Crippen molar-refractivity contribution in [1.82, 2.24) is 10.3 Å². The third-order valence-corrected chi connectivity index (χ3v) is 4.40. The number of pyridine rings is 1. The largest absolute Gasteiger partial charge is 0.313 e. The molecule has 0 radical (unpaired) electrons. The molecule has 0 aliphatic rings. The second kappa shape index (κ2) is 6.51. The fourth-order valence-corrected chi connectivity index (χ4v) is 2.62. The van der Waals surface area contributed by atoms with Gasteiger partial charge in [0, 0.05) is 28.8 Å². The molecule has 0 aliphatic carbocycles. The van der Waals surface area contributed by atoms with Crippen molar-refractivity contribution in [3.8, 4) is 0 Å². The van der Waals surface area contributed by atoms with Crippen LogP contribution in [0.3, 0.4) is 0 Å². The standard InChI is InChI=1S/C15H16BrClN2/c1-10-6-7-11(19-9-10)8-14(18-2)12-4-3-5-13(16)15(12)17/h3-7,9,14,18H,8H2,1-2H3. The van der Waals surface area contributed by atoms with Gasteiger partial charge in [0.1, 0.15) is 0 Å². The van der Waals surface area contributed by atoms with E-state index in [0.29, 0.717) is 0 Å². The number of nitrogens with zero attached hydrogens (tertiary/aromatic N) is 1. The number of rotatable bonds is 4. The summed E-state index contributed by atoms with van der Waals surface area (Å²) in [5.41, 5.74) is 3.31. The predicted octanol–water partition coefficient (Wildman–Crippen LogP) is 4.31. The van der Waals surface area contributed by atoms with Crippen LogP contribution in [0.25, 0.3) is 0 Å². The van der Waals surface area contributed by atoms with E-state index in [9.17, 15) is 0 Å². The van der Waals surface area contributed by atoms with E-state index in [2.05, 4.69) is 38.4 Å². The van der Waals surface area contributed by atoms with Crippen LogP contribution in [-0.4, -0.2) is 12.0 Å². The monoisotopic (exact) mass is 338 g/mol. The SMILES string of the molecule is CNC(Cc1ccc(C)cn1)c1cccc(Br)c1Cl. The molecule has 0 aliphatic heterocycles. The molecule has 2 nitrogen and oxygen atoms in total. The van der Waals surface area contributed by atoms with Gasteiger partial charge in [0.15, 0.2) is 0 Å². The number of likely N-dealkylation sites (N-methyl/N-ethyl adjacent to an activating group) is 1. The molecule has 1 unspecified atom stereocenters. The Morgan fingerprint density at radius 3 is 2.74 bits per heavy atom. The van der Waals surface area contributed by atoms with Gasteiger partial charge in [-0.1, -0.05) is 29.8 Å². The van der Waals surface area contributed by atoms with Gasteiger partial charge in [0.25, 0.3) is 0 Å². The zero-order chi connectivity index (χ0) is 13.8. The van der Waals surface area contributed by atoms with Crippen LogP contribution < -0.4 is 5.32 Å². The van der Waals surface area contributed by atoms with Crippen LogP contribution in [0.4, 0.5) is 0 Å². The maximum Gasteiger partial charge on any atom is 0.0595 e. The first-order valence-electron chi connectivity index (χ1n) is 6.14. The van der Waals surface area contributed by atoms with Gasteiger partial charge in [-0.2, -0.15) is 0 Å². The lowest BCUT2D eigenvalue weighted by Crippen LogP contribution is -2.19. The van der Waals surface area contributed by atoms with Gasteiger partial charge in [-0.15, -0.1) is 0 Å². The van der Waals surface area contributed by atoms with Gasteiger partial charge in [0.05, 0.1) is 5.02 Å². The van der Waals surface area contributed by atoms with Gasteiger partial charge >= 0.3 is 0 Å². The third kappa shape index (κ3) is 3.56. The first-order chi connectivity index (χ1) is 9.11. The average Bonchev–Trinajstić information content (AvgIpc) is 2.42. The summed E-state index contributed by atoms with van der Waals surface area (Å²) in [5, 5.41) is 4.06. The fourth-order valence-electron chi connectivity index (χ4n) is 1.99. The molecule has 2 rings (SSSR count). The first-order valence-corrected chi connectivity index (χ1v) is 7.31. The smallest absolute Gasteiger partial charge is 0.0595 e. The lowest BCUT2D eigenvalue weighted by atomic mass is 10.0. The number of nitrogens with one attached hydrogen (secondary N) is 1. The highest BCUT2D eigenvalue weighted by molar-refractivity contribution is 9.10. The molecule has 4 heteroatoms. The van der Waals surface area contributed by atoms with Crippen LogP contribution in [0.15, 0.2) is 41.0 Å². The molecule has 0 fully saturated rings. The Bertz CT molecular complexity index is 555. The Hall–Kier alpha value is -0.900. The molecule has 1 heterocycles. The topological polar surface area (TPSA) is 24.9 Å². The number of hydrogen-bond donors (Lipinski definition) is 1. The van der Waals surface area contributed by atoms with Gasteiger partial charge in [-0.3, -0.25) is 4.98 Å². The van der Waals surface area contributed by atoms with E-state index < -0.39 is 0 Å². The zero-order valence-corrected chi connectivity index (χ0v) is 13.3. The fraction of sp³-hybridized carbons (Fsp3) is 0.267. The molecular weight excluding hydrogens is 324 g/mol. The number of hydrogen-bond acceptors (Lipinski definition) is 2. The lowest BCUT2D eigenvalue weighted by molar-refractivity contribution is 0.584. The summed E-state index contributed by atoms with van der Waals surface area (Å²) in [6.07, 6.45) is 2.71. The minimum absolute atomic E-state index is 0.153.